The molecule has 0 saturated carbocycles. The highest BCUT2D eigenvalue weighted by atomic mass is 16.5. The van der Waals surface area contributed by atoms with Gasteiger partial charge in [0.15, 0.2) is 5.82 Å². The molecule has 0 aliphatic heterocycles. The lowest BCUT2D eigenvalue weighted by molar-refractivity contribution is 0.178. The van der Waals surface area contributed by atoms with Gasteiger partial charge in [0.1, 0.15) is 18.2 Å². The van der Waals surface area contributed by atoms with Crippen molar-refractivity contribution in [2.24, 2.45) is 0 Å². The first kappa shape index (κ1) is 11.7. The normalized spacial score (nSPS) is 10.1. The summed E-state index contributed by atoms with van der Waals surface area (Å²) in [5.74, 6) is 2.35. The first-order valence-corrected chi connectivity index (χ1v) is 5.14. The summed E-state index contributed by atoms with van der Waals surface area (Å²) in [6, 6.07) is 1.90. The van der Waals surface area contributed by atoms with Crippen LogP contribution in [0.2, 0.25) is 0 Å². The van der Waals surface area contributed by atoms with Crippen LogP contribution < -0.4 is 10.6 Å². The van der Waals surface area contributed by atoms with E-state index in [1.807, 2.05) is 19.9 Å². The van der Waals surface area contributed by atoms with Crippen LogP contribution in [0.5, 0.6) is 0 Å². The Kier molecular flexibility index (Phi) is 4.83. The zero-order valence-corrected chi connectivity index (χ0v) is 9.50. The zero-order chi connectivity index (χ0) is 11.1. The highest BCUT2D eigenvalue weighted by Crippen LogP contribution is 2.11. The van der Waals surface area contributed by atoms with E-state index in [9.17, 15) is 0 Å². The Labute approximate surface area is 90.3 Å². The third-order valence-electron chi connectivity index (χ3n) is 1.76. The molecule has 1 rings (SSSR count). The third kappa shape index (κ3) is 3.71. The molecule has 0 atom stereocenters. The SMILES string of the molecule is CCNc1cc(NCC)nc(COC)n1. The molecule has 0 aliphatic rings. The second-order valence-corrected chi connectivity index (χ2v) is 3.05. The molecule has 0 bridgehead atoms. The van der Waals surface area contributed by atoms with E-state index in [-0.39, 0.29) is 0 Å². The molecule has 0 amide bonds. The van der Waals surface area contributed by atoms with Crippen LogP contribution in [0.15, 0.2) is 6.07 Å². The van der Waals surface area contributed by atoms with Crippen molar-refractivity contribution in [3.8, 4) is 0 Å². The number of methoxy groups -OCH3 is 1. The molecular weight excluding hydrogens is 192 g/mol. The fourth-order valence-corrected chi connectivity index (χ4v) is 1.23. The van der Waals surface area contributed by atoms with Crippen LogP contribution in [-0.2, 0) is 11.3 Å². The Balaban J connectivity index is 2.86. The van der Waals surface area contributed by atoms with Crippen LogP contribution in [0.1, 0.15) is 19.7 Å². The van der Waals surface area contributed by atoms with Crippen molar-refractivity contribution in [2.75, 3.05) is 30.8 Å². The molecule has 0 fully saturated rings. The van der Waals surface area contributed by atoms with Gasteiger partial charge in [0, 0.05) is 26.3 Å². The zero-order valence-electron chi connectivity index (χ0n) is 9.50. The van der Waals surface area contributed by atoms with Gasteiger partial charge in [0.2, 0.25) is 0 Å². The molecule has 0 radical (unpaired) electrons. The minimum atomic E-state index is 0.428. The maximum absolute atomic E-state index is 5.01. The van der Waals surface area contributed by atoms with E-state index in [1.165, 1.54) is 0 Å². The van der Waals surface area contributed by atoms with E-state index in [0.717, 1.165) is 24.7 Å². The Bertz CT molecular complexity index is 243. The molecule has 2 N–H and O–H groups in total. The number of hydrogen-bond acceptors (Lipinski definition) is 5. The molecule has 0 aliphatic carbocycles. The van der Waals surface area contributed by atoms with Crippen LogP contribution in [0, 0.1) is 0 Å². The molecule has 0 unspecified atom stereocenters. The van der Waals surface area contributed by atoms with Crippen molar-refractivity contribution < 1.29 is 4.74 Å². The molecule has 0 aromatic carbocycles. The van der Waals surface area contributed by atoms with Gasteiger partial charge in [-0.15, -0.1) is 0 Å². The van der Waals surface area contributed by atoms with Crippen molar-refractivity contribution >= 4 is 11.6 Å². The van der Waals surface area contributed by atoms with Crippen molar-refractivity contribution in [2.45, 2.75) is 20.5 Å². The van der Waals surface area contributed by atoms with Crippen molar-refractivity contribution in [1.82, 2.24) is 9.97 Å². The fourth-order valence-electron chi connectivity index (χ4n) is 1.23. The second kappa shape index (κ2) is 6.19. The minimum Gasteiger partial charge on any atom is -0.377 e. The predicted molar refractivity (Wildman–Crippen MR) is 61.1 cm³/mol. The predicted octanol–water partition coefficient (Wildman–Crippen LogP) is 1.49. The van der Waals surface area contributed by atoms with Crippen LogP contribution in [0.25, 0.3) is 0 Å². The van der Waals surface area contributed by atoms with E-state index in [0.29, 0.717) is 12.4 Å². The van der Waals surface area contributed by atoms with E-state index in [4.69, 9.17) is 4.74 Å². The third-order valence-corrected chi connectivity index (χ3v) is 1.76. The topological polar surface area (TPSA) is 59.1 Å². The van der Waals surface area contributed by atoms with Crippen LogP contribution in [0.4, 0.5) is 11.6 Å². The minimum absolute atomic E-state index is 0.428. The number of nitrogens with zero attached hydrogens (tertiary/aromatic N) is 2. The van der Waals surface area contributed by atoms with Gasteiger partial charge < -0.3 is 15.4 Å². The smallest absolute Gasteiger partial charge is 0.158 e. The average Bonchev–Trinajstić information content (AvgIpc) is 2.19. The standard InChI is InChI=1S/C10H18N4O/c1-4-11-8-6-9(12-5-2)14-10(13-8)7-15-3/h6H,4-5,7H2,1-3H3,(H2,11,12,13,14). The fraction of sp³-hybridized carbons (Fsp3) is 0.600. The first-order valence-electron chi connectivity index (χ1n) is 5.14. The van der Waals surface area contributed by atoms with Crippen LogP contribution in [0.3, 0.4) is 0 Å². The maximum atomic E-state index is 5.01. The van der Waals surface area contributed by atoms with Gasteiger partial charge >= 0.3 is 0 Å². The summed E-state index contributed by atoms with van der Waals surface area (Å²) in [6.07, 6.45) is 0. The lowest BCUT2D eigenvalue weighted by atomic mass is 10.4. The summed E-state index contributed by atoms with van der Waals surface area (Å²) in [4.78, 5) is 8.62. The summed E-state index contributed by atoms with van der Waals surface area (Å²) in [7, 11) is 1.64. The van der Waals surface area contributed by atoms with E-state index < -0.39 is 0 Å². The lowest BCUT2D eigenvalue weighted by Gasteiger charge is -2.08. The number of ether oxygens (including phenoxy) is 1. The molecule has 5 nitrogen and oxygen atoms in total. The molecule has 0 spiro atoms. The maximum Gasteiger partial charge on any atom is 0.158 e. The van der Waals surface area contributed by atoms with Gasteiger partial charge in [-0.05, 0) is 13.8 Å². The molecule has 84 valence electrons. The number of anilines is 2. The van der Waals surface area contributed by atoms with Crippen molar-refractivity contribution in [3.63, 3.8) is 0 Å². The van der Waals surface area contributed by atoms with Gasteiger partial charge in [-0.25, -0.2) is 9.97 Å². The largest absolute Gasteiger partial charge is 0.377 e. The first-order chi connectivity index (χ1) is 7.30. The molecule has 15 heavy (non-hydrogen) atoms. The van der Waals surface area contributed by atoms with Crippen molar-refractivity contribution in [3.05, 3.63) is 11.9 Å². The summed E-state index contributed by atoms with van der Waals surface area (Å²) < 4.78 is 5.01. The number of nitrogens with one attached hydrogen (secondary N) is 2. The lowest BCUT2D eigenvalue weighted by Crippen LogP contribution is -2.08. The molecule has 1 aromatic heterocycles. The van der Waals surface area contributed by atoms with Crippen LogP contribution in [-0.4, -0.2) is 30.2 Å². The van der Waals surface area contributed by atoms with Gasteiger partial charge in [-0.2, -0.15) is 0 Å². The van der Waals surface area contributed by atoms with E-state index >= 15 is 0 Å². The number of hydrogen-bond donors (Lipinski definition) is 2. The van der Waals surface area contributed by atoms with Gasteiger partial charge in [0.05, 0.1) is 0 Å². The van der Waals surface area contributed by atoms with E-state index in [1.54, 1.807) is 7.11 Å². The van der Waals surface area contributed by atoms with Crippen LogP contribution >= 0.6 is 0 Å². The Hall–Kier alpha value is -1.36. The summed E-state index contributed by atoms with van der Waals surface area (Å²) >= 11 is 0. The summed E-state index contributed by atoms with van der Waals surface area (Å²) in [6.45, 7) is 6.18. The monoisotopic (exact) mass is 210 g/mol. The van der Waals surface area contributed by atoms with Gasteiger partial charge in [-0.1, -0.05) is 0 Å². The molecule has 5 heteroatoms. The Morgan fingerprint density at radius 1 is 1.13 bits per heavy atom. The molecule has 1 aromatic rings. The molecule has 1 heterocycles. The van der Waals surface area contributed by atoms with Gasteiger partial charge in [-0.3, -0.25) is 0 Å². The number of aromatic nitrogens is 2. The number of rotatable bonds is 6. The summed E-state index contributed by atoms with van der Waals surface area (Å²) in [5, 5.41) is 6.32. The second-order valence-electron chi connectivity index (χ2n) is 3.05. The van der Waals surface area contributed by atoms with Gasteiger partial charge in [0.25, 0.3) is 0 Å². The highest BCUT2D eigenvalue weighted by Gasteiger charge is 2.02. The van der Waals surface area contributed by atoms with Crippen molar-refractivity contribution in [1.29, 1.82) is 0 Å². The van der Waals surface area contributed by atoms with E-state index in [2.05, 4.69) is 20.6 Å². The molecular formula is C10H18N4O. The highest BCUT2D eigenvalue weighted by molar-refractivity contribution is 5.47. The summed E-state index contributed by atoms with van der Waals surface area (Å²) in [5.41, 5.74) is 0. The molecule has 0 saturated heterocycles. The Morgan fingerprint density at radius 2 is 1.67 bits per heavy atom. The quantitative estimate of drug-likeness (QED) is 0.745. The Morgan fingerprint density at radius 3 is 2.07 bits per heavy atom. The average molecular weight is 210 g/mol.